The van der Waals surface area contributed by atoms with Crippen molar-refractivity contribution in [1.82, 2.24) is 30.3 Å². The van der Waals surface area contributed by atoms with Gasteiger partial charge in [0.15, 0.2) is 5.96 Å². The van der Waals surface area contributed by atoms with Gasteiger partial charge in [-0.2, -0.15) is 18.3 Å². The Hall–Kier alpha value is -1.89. The van der Waals surface area contributed by atoms with Gasteiger partial charge in [-0.3, -0.25) is 4.90 Å². The van der Waals surface area contributed by atoms with Crippen LogP contribution in [0.2, 0.25) is 0 Å². The second-order valence-electron chi connectivity index (χ2n) is 7.09. The predicted molar refractivity (Wildman–Crippen MR) is 120 cm³/mol. The van der Waals surface area contributed by atoms with E-state index in [0.717, 1.165) is 11.1 Å². The molecule has 0 amide bonds. The van der Waals surface area contributed by atoms with Crippen molar-refractivity contribution in [3.8, 4) is 0 Å². The summed E-state index contributed by atoms with van der Waals surface area (Å²) in [6, 6.07) is 8.01. The van der Waals surface area contributed by atoms with Crippen molar-refractivity contribution in [1.29, 1.82) is 0 Å². The van der Waals surface area contributed by atoms with Gasteiger partial charge in [0.1, 0.15) is 12.7 Å². The molecule has 1 aliphatic rings. The molecule has 1 unspecified atom stereocenters. The minimum atomic E-state index is -4.16. The van der Waals surface area contributed by atoms with Gasteiger partial charge in [0, 0.05) is 25.7 Å². The molecule has 1 aromatic heterocycles. The van der Waals surface area contributed by atoms with E-state index in [0.29, 0.717) is 45.1 Å². The summed E-state index contributed by atoms with van der Waals surface area (Å²) in [7, 11) is 0. The molecule has 0 spiro atoms. The Labute approximate surface area is 191 Å². The Balaban J connectivity index is 0.00000320. The average molecular weight is 537 g/mol. The number of hydrogen-bond donors (Lipinski definition) is 2. The van der Waals surface area contributed by atoms with E-state index in [1.165, 1.54) is 11.2 Å². The Morgan fingerprint density at radius 2 is 2.10 bits per heavy atom. The van der Waals surface area contributed by atoms with Gasteiger partial charge in [0.2, 0.25) is 0 Å². The van der Waals surface area contributed by atoms with Crippen molar-refractivity contribution in [2.24, 2.45) is 4.99 Å². The number of aliphatic imine (C=N–C) groups is 1. The summed E-state index contributed by atoms with van der Waals surface area (Å²) in [6.45, 7) is 3.67. The van der Waals surface area contributed by atoms with Crippen molar-refractivity contribution in [2.75, 3.05) is 26.2 Å². The number of nitrogens with one attached hydrogen (secondary N) is 2. The maximum absolute atomic E-state index is 12.6. The quantitative estimate of drug-likeness (QED) is 0.323. The normalized spacial score (nSPS) is 17.6. The highest BCUT2D eigenvalue weighted by Gasteiger charge is 2.34. The summed E-state index contributed by atoms with van der Waals surface area (Å²) in [6.07, 6.45) is -0.332. The largest absolute Gasteiger partial charge is 0.401 e. The molecule has 1 atom stereocenters. The fraction of sp³-hybridized carbons (Fsp3) is 0.526. The molecule has 1 aromatic carbocycles. The van der Waals surface area contributed by atoms with Crippen LogP contribution in [-0.4, -0.2) is 64.0 Å². The standard InChI is InChI=1S/C19H26F3N7.HI/c1-2-24-18(27-17-6-7-28(11-17)12-19(20,21)22)25-9-15-4-3-5-16(8-15)10-29-14-23-13-26-29;/h3-5,8,13-14,17H,2,6-7,9-12H2,1H3,(H2,24,25,27);1H. The third-order valence-corrected chi connectivity index (χ3v) is 4.58. The van der Waals surface area contributed by atoms with E-state index in [1.54, 1.807) is 11.0 Å². The van der Waals surface area contributed by atoms with Crippen LogP contribution in [0, 0.1) is 0 Å². The number of alkyl halides is 3. The van der Waals surface area contributed by atoms with Gasteiger partial charge < -0.3 is 10.6 Å². The van der Waals surface area contributed by atoms with Crippen molar-refractivity contribution in [3.05, 3.63) is 48.0 Å². The van der Waals surface area contributed by atoms with Gasteiger partial charge in [-0.15, -0.1) is 24.0 Å². The van der Waals surface area contributed by atoms with Gasteiger partial charge in [0.05, 0.1) is 19.6 Å². The first kappa shape index (κ1) is 24.4. The second kappa shape index (κ2) is 11.5. The Morgan fingerprint density at radius 1 is 1.30 bits per heavy atom. The molecule has 11 heteroatoms. The summed E-state index contributed by atoms with van der Waals surface area (Å²) in [5.74, 6) is 0.619. The number of nitrogens with zero attached hydrogens (tertiary/aromatic N) is 5. The highest BCUT2D eigenvalue weighted by Crippen LogP contribution is 2.20. The van der Waals surface area contributed by atoms with Crippen LogP contribution in [0.15, 0.2) is 41.9 Å². The molecule has 1 aliphatic heterocycles. The SMILES string of the molecule is CCNC(=NCc1cccc(Cn2cncn2)c1)NC1CCN(CC(F)(F)F)C1.I. The molecule has 30 heavy (non-hydrogen) atoms. The second-order valence-corrected chi connectivity index (χ2v) is 7.09. The zero-order valence-electron chi connectivity index (χ0n) is 16.8. The summed E-state index contributed by atoms with van der Waals surface area (Å²) in [4.78, 5) is 9.97. The third kappa shape index (κ3) is 8.09. The molecule has 2 N–H and O–H groups in total. The fourth-order valence-corrected chi connectivity index (χ4v) is 3.36. The smallest absolute Gasteiger partial charge is 0.357 e. The molecule has 166 valence electrons. The third-order valence-electron chi connectivity index (χ3n) is 4.58. The van der Waals surface area contributed by atoms with E-state index in [1.807, 2.05) is 25.1 Å². The molecule has 3 rings (SSSR count). The van der Waals surface area contributed by atoms with Gasteiger partial charge in [-0.25, -0.2) is 14.7 Å². The van der Waals surface area contributed by atoms with E-state index in [-0.39, 0.29) is 30.0 Å². The maximum atomic E-state index is 12.6. The number of likely N-dealkylation sites (tertiary alicyclic amines) is 1. The van der Waals surface area contributed by atoms with E-state index < -0.39 is 12.7 Å². The lowest BCUT2D eigenvalue weighted by molar-refractivity contribution is -0.143. The first-order valence-electron chi connectivity index (χ1n) is 9.65. The lowest BCUT2D eigenvalue weighted by atomic mass is 10.1. The number of aromatic nitrogens is 3. The van der Waals surface area contributed by atoms with Crippen LogP contribution in [0.4, 0.5) is 13.2 Å². The number of benzene rings is 1. The summed E-state index contributed by atoms with van der Waals surface area (Å²) in [5.41, 5.74) is 2.14. The number of hydrogen-bond acceptors (Lipinski definition) is 4. The molecule has 7 nitrogen and oxygen atoms in total. The lowest BCUT2D eigenvalue weighted by Crippen LogP contribution is -2.45. The van der Waals surface area contributed by atoms with E-state index >= 15 is 0 Å². The van der Waals surface area contributed by atoms with Gasteiger partial charge in [-0.1, -0.05) is 24.3 Å². The number of guanidine groups is 1. The minimum Gasteiger partial charge on any atom is -0.357 e. The number of rotatable bonds is 7. The monoisotopic (exact) mass is 537 g/mol. The van der Waals surface area contributed by atoms with Gasteiger partial charge in [0.25, 0.3) is 0 Å². The highest BCUT2D eigenvalue weighted by molar-refractivity contribution is 14.0. The zero-order chi connectivity index (χ0) is 20.7. The molecule has 2 aromatic rings. The van der Waals surface area contributed by atoms with Gasteiger partial charge >= 0.3 is 6.18 Å². The summed E-state index contributed by atoms with van der Waals surface area (Å²) >= 11 is 0. The van der Waals surface area contributed by atoms with E-state index in [9.17, 15) is 13.2 Å². The fourth-order valence-electron chi connectivity index (χ4n) is 3.36. The predicted octanol–water partition coefficient (Wildman–Crippen LogP) is 2.64. The maximum Gasteiger partial charge on any atom is 0.401 e. The van der Waals surface area contributed by atoms with Crippen LogP contribution >= 0.6 is 24.0 Å². The van der Waals surface area contributed by atoms with Crippen molar-refractivity contribution in [2.45, 2.75) is 38.7 Å². The van der Waals surface area contributed by atoms with E-state index in [4.69, 9.17) is 0 Å². The van der Waals surface area contributed by atoms with Crippen LogP contribution in [0.3, 0.4) is 0 Å². The van der Waals surface area contributed by atoms with Crippen LogP contribution in [-0.2, 0) is 13.1 Å². The van der Waals surface area contributed by atoms with Crippen LogP contribution in [0.5, 0.6) is 0 Å². The number of halogens is 4. The molecular weight excluding hydrogens is 510 g/mol. The molecule has 1 saturated heterocycles. The molecule has 0 aliphatic carbocycles. The Bertz CT molecular complexity index is 796. The lowest BCUT2D eigenvalue weighted by Gasteiger charge is -2.19. The molecule has 0 saturated carbocycles. The molecule has 0 bridgehead atoms. The highest BCUT2D eigenvalue weighted by atomic mass is 127. The Morgan fingerprint density at radius 3 is 2.80 bits per heavy atom. The van der Waals surface area contributed by atoms with Crippen molar-refractivity contribution >= 4 is 29.9 Å². The zero-order valence-corrected chi connectivity index (χ0v) is 19.1. The topological polar surface area (TPSA) is 70.4 Å². The molecule has 1 fully saturated rings. The first-order valence-corrected chi connectivity index (χ1v) is 9.65. The molecule has 2 heterocycles. The first-order chi connectivity index (χ1) is 13.9. The van der Waals surface area contributed by atoms with Crippen LogP contribution < -0.4 is 10.6 Å². The van der Waals surface area contributed by atoms with Crippen molar-refractivity contribution < 1.29 is 13.2 Å². The minimum absolute atomic E-state index is 0. The van der Waals surface area contributed by atoms with Crippen molar-refractivity contribution in [3.63, 3.8) is 0 Å². The van der Waals surface area contributed by atoms with E-state index in [2.05, 4.69) is 31.8 Å². The average Bonchev–Trinajstić information content (AvgIpc) is 3.31. The Kier molecular flexibility index (Phi) is 9.34. The summed E-state index contributed by atoms with van der Waals surface area (Å²) in [5, 5.41) is 10.5. The summed E-state index contributed by atoms with van der Waals surface area (Å²) < 4.78 is 39.5. The molecular formula is C19H27F3IN7. The van der Waals surface area contributed by atoms with Gasteiger partial charge in [-0.05, 0) is 24.5 Å². The molecule has 0 radical (unpaired) electrons. The van der Waals surface area contributed by atoms with Crippen LogP contribution in [0.1, 0.15) is 24.5 Å². The van der Waals surface area contributed by atoms with Crippen LogP contribution in [0.25, 0.3) is 0 Å².